The minimum absolute atomic E-state index is 0.0112. The molecule has 4 N–H and O–H groups in total. The van der Waals surface area contributed by atoms with Gasteiger partial charge in [0.05, 0.1) is 35.7 Å². The molecule has 236 valence electrons. The van der Waals surface area contributed by atoms with Crippen molar-refractivity contribution < 1.29 is 33.8 Å². The maximum atomic E-state index is 13.5. The van der Waals surface area contributed by atoms with E-state index in [0.29, 0.717) is 33.2 Å². The number of halogens is 1. The highest BCUT2D eigenvalue weighted by atomic mass is 35.5. The number of benzene rings is 4. The Morgan fingerprint density at radius 2 is 1.57 bits per heavy atom. The molecule has 10 nitrogen and oxygen atoms in total. The van der Waals surface area contributed by atoms with Gasteiger partial charge >= 0.3 is 5.97 Å². The highest BCUT2D eigenvalue weighted by Crippen LogP contribution is 2.30. The molecule has 0 aliphatic carbocycles. The lowest BCUT2D eigenvalue weighted by molar-refractivity contribution is -0.115. The van der Waals surface area contributed by atoms with Gasteiger partial charge in [-0.2, -0.15) is 0 Å². The van der Waals surface area contributed by atoms with Crippen LogP contribution in [0.5, 0.6) is 11.5 Å². The third kappa shape index (κ3) is 8.90. The van der Waals surface area contributed by atoms with Crippen molar-refractivity contribution in [2.45, 2.75) is 17.1 Å². The number of rotatable bonds is 12. The van der Waals surface area contributed by atoms with Gasteiger partial charge < -0.3 is 30.5 Å². The zero-order valence-electron chi connectivity index (χ0n) is 25.0. The molecule has 0 heterocycles. The second-order valence-corrected chi connectivity index (χ2v) is 11.5. The van der Waals surface area contributed by atoms with E-state index in [9.17, 15) is 24.3 Å². The van der Waals surface area contributed by atoms with Gasteiger partial charge in [-0.25, -0.2) is 4.79 Å². The van der Waals surface area contributed by atoms with E-state index in [4.69, 9.17) is 21.1 Å². The summed E-state index contributed by atoms with van der Waals surface area (Å²) in [6, 6.07) is 24.5. The monoisotopic (exact) mass is 659 g/mol. The smallest absolute Gasteiger partial charge is 0.335 e. The molecule has 0 saturated carbocycles. The van der Waals surface area contributed by atoms with Crippen LogP contribution in [0.2, 0.25) is 5.02 Å². The van der Waals surface area contributed by atoms with E-state index in [1.807, 2.05) is 0 Å². The number of amides is 3. The minimum atomic E-state index is -1.14. The minimum Gasteiger partial charge on any atom is -0.493 e. The van der Waals surface area contributed by atoms with Crippen LogP contribution in [0.3, 0.4) is 0 Å². The van der Waals surface area contributed by atoms with E-state index >= 15 is 0 Å². The van der Waals surface area contributed by atoms with Crippen molar-refractivity contribution in [2.75, 3.05) is 24.9 Å². The number of carboxylic acid groups (broad SMARTS) is 1. The van der Waals surface area contributed by atoms with Gasteiger partial charge in [-0.3, -0.25) is 14.4 Å². The van der Waals surface area contributed by atoms with Gasteiger partial charge in [-0.1, -0.05) is 41.9 Å². The van der Waals surface area contributed by atoms with Gasteiger partial charge in [0.1, 0.15) is 5.70 Å². The van der Waals surface area contributed by atoms with Crippen molar-refractivity contribution in [3.8, 4) is 11.5 Å². The quantitative estimate of drug-likeness (QED) is 0.0986. The molecule has 0 saturated heterocycles. The molecule has 4 rings (SSSR count). The van der Waals surface area contributed by atoms with Crippen LogP contribution >= 0.6 is 23.4 Å². The SMILES string of the molecule is COc1ccc(/C=C(/NC(=O)c2ccccc2)C(=O)Nc2cccc(SC(C)C(=O)Nc3cc(C(=O)O)ccc3Cl)c2)cc1OC. The van der Waals surface area contributed by atoms with Gasteiger partial charge in [0.15, 0.2) is 11.5 Å². The van der Waals surface area contributed by atoms with Gasteiger partial charge in [-0.15, -0.1) is 11.8 Å². The van der Waals surface area contributed by atoms with Crippen molar-refractivity contribution >= 4 is 64.5 Å². The summed E-state index contributed by atoms with van der Waals surface area (Å²) in [6.45, 7) is 1.68. The number of carboxylic acids is 1. The van der Waals surface area contributed by atoms with E-state index in [0.717, 1.165) is 0 Å². The molecule has 12 heteroatoms. The van der Waals surface area contributed by atoms with Crippen LogP contribution in [-0.4, -0.2) is 48.3 Å². The third-order valence-corrected chi connectivity index (χ3v) is 7.92. The van der Waals surface area contributed by atoms with Gasteiger partial charge in [0.25, 0.3) is 11.8 Å². The number of methoxy groups -OCH3 is 2. The first kappa shape index (κ1) is 33.6. The van der Waals surface area contributed by atoms with Crippen LogP contribution in [0.1, 0.15) is 33.2 Å². The van der Waals surface area contributed by atoms with Crippen molar-refractivity contribution in [3.05, 3.63) is 118 Å². The van der Waals surface area contributed by atoms with Crippen LogP contribution in [0.4, 0.5) is 11.4 Å². The second-order valence-electron chi connectivity index (χ2n) is 9.72. The van der Waals surface area contributed by atoms with Crippen LogP contribution in [0, 0.1) is 0 Å². The molecular weight excluding hydrogens is 630 g/mol. The van der Waals surface area contributed by atoms with E-state index in [2.05, 4.69) is 16.0 Å². The van der Waals surface area contributed by atoms with Crippen LogP contribution in [0.15, 0.2) is 102 Å². The van der Waals surface area contributed by atoms with Crippen molar-refractivity contribution in [1.29, 1.82) is 0 Å². The fraction of sp³-hybridized carbons (Fsp3) is 0.118. The summed E-state index contributed by atoms with van der Waals surface area (Å²) < 4.78 is 10.7. The average Bonchev–Trinajstić information content (AvgIpc) is 3.05. The molecule has 1 atom stereocenters. The fourth-order valence-corrected chi connectivity index (χ4v) is 5.23. The maximum absolute atomic E-state index is 13.5. The molecule has 0 aliphatic heterocycles. The number of thioether (sulfide) groups is 1. The Hall–Kier alpha value is -5.26. The standard InChI is InChI=1S/C34H30ClN3O7S/c1-20(31(39)37-27-18-23(34(42)43)13-14-26(27)35)46-25-11-7-10-24(19-25)36-33(41)28(38-32(40)22-8-5-4-6-9-22)16-21-12-15-29(44-2)30(17-21)45-3/h4-20H,1-3H3,(H,36,41)(H,37,39)(H,38,40)(H,42,43)/b28-16+. The molecule has 0 fully saturated rings. The Balaban J connectivity index is 1.52. The zero-order valence-corrected chi connectivity index (χ0v) is 26.6. The number of anilines is 2. The summed E-state index contributed by atoms with van der Waals surface area (Å²) in [7, 11) is 3.01. The van der Waals surface area contributed by atoms with E-state index in [1.54, 1.807) is 79.7 Å². The van der Waals surface area contributed by atoms with Gasteiger partial charge in [-0.05, 0) is 79.2 Å². The molecular formula is C34H30ClN3O7S. The number of nitrogens with one attached hydrogen (secondary N) is 3. The summed E-state index contributed by atoms with van der Waals surface area (Å²) in [4.78, 5) is 51.4. The molecule has 46 heavy (non-hydrogen) atoms. The Bertz CT molecular complexity index is 1800. The first-order valence-corrected chi connectivity index (χ1v) is 15.1. The molecule has 4 aromatic rings. The average molecular weight is 660 g/mol. The normalized spacial score (nSPS) is 11.6. The van der Waals surface area contributed by atoms with E-state index in [-0.39, 0.29) is 22.0 Å². The summed E-state index contributed by atoms with van der Waals surface area (Å²) in [5.74, 6) is -1.64. The number of hydrogen-bond donors (Lipinski definition) is 4. The fourth-order valence-electron chi connectivity index (χ4n) is 4.14. The third-order valence-electron chi connectivity index (χ3n) is 6.49. The van der Waals surface area contributed by atoms with Crippen molar-refractivity contribution in [2.24, 2.45) is 0 Å². The largest absolute Gasteiger partial charge is 0.493 e. The number of aromatic carboxylic acids is 1. The Labute approximate surface area is 274 Å². The van der Waals surface area contributed by atoms with E-state index in [1.165, 1.54) is 50.3 Å². The van der Waals surface area contributed by atoms with Crippen LogP contribution in [-0.2, 0) is 9.59 Å². The van der Waals surface area contributed by atoms with Crippen molar-refractivity contribution in [1.82, 2.24) is 5.32 Å². The molecule has 3 amide bonds. The number of hydrogen-bond acceptors (Lipinski definition) is 7. The first-order valence-electron chi connectivity index (χ1n) is 13.8. The molecule has 0 aromatic heterocycles. The topological polar surface area (TPSA) is 143 Å². The molecule has 4 aromatic carbocycles. The van der Waals surface area contributed by atoms with Gasteiger partial charge in [0, 0.05) is 16.1 Å². The Morgan fingerprint density at radius 3 is 2.26 bits per heavy atom. The molecule has 0 spiro atoms. The molecule has 0 radical (unpaired) electrons. The van der Waals surface area contributed by atoms with Crippen molar-refractivity contribution in [3.63, 3.8) is 0 Å². The molecule has 1 unspecified atom stereocenters. The lowest BCUT2D eigenvalue weighted by Gasteiger charge is -2.15. The van der Waals surface area contributed by atoms with Gasteiger partial charge in [0.2, 0.25) is 5.91 Å². The summed E-state index contributed by atoms with van der Waals surface area (Å²) in [6.07, 6.45) is 1.52. The summed E-state index contributed by atoms with van der Waals surface area (Å²) >= 11 is 7.38. The van der Waals surface area contributed by atoms with Crippen LogP contribution < -0.4 is 25.4 Å². The highest BCUT2D eigenvalue weighted by molar-refractivity contribution is 8.00. The predicted octanol–water partition coefficient (Wildman–Crippen LogP) is 6.58. The summed E-state index contributed by atoms with van der Waals surface area (Å²) in [5, 5.41) is 17.0. The lowest BCUT2D eigenvalue weighted by atomic mass is 10.1. The highest BCUT2D eigenvalue weighted by Gasteiger charge is 2.19. The maximum Gasteiger partial charge on any atom is 0.335 e. The first-order chi connectivity index (χ1) is 22.1. The summed E-state index contributed by atoms with van der Waals surface area (Å²) in [5.41, 5.74) is 1.53. The molecule has 0 bridgehead atoms. The number of ether oxygens (including phenoxy) is 2. The Morgan fingerprint density at radius 1 is 0.826 bits per heavy atom. The van der Waals surface area contributed by atoms with Crippen LogP contribution in [0.25, 0.3) is 6.08 Å². The lowest BCUT2D eigenvalue weighted by Crippen LogP contribution is -2.30. The number of carbonyl (C=O) groups excluding carboxylic acids is 3. The molecule has 0 aliphatic rings. The number of carbonyl (C=O) groups is 4. The predicted molar refractivity (Wildman–Crippen MR) is 179 cm³/mol. The van der Waals surface area contributed by atoms with E-state index < -0.39 is 28.9 Å². The second kappa shape index (κ2) is 15.6. The zero-order chi connectivity index (χ0) is 33.2. The Kier molecular flexibility index (Phi) is 11.4.